The Kier molecular flexibility index (Phi) is 9.66. The Bertz CT molecular complexity index is 389. The van der Waals surface area contributed by atoms with E-state index in [9.17, 15) is 0 Å². The lowest BCUT2D eigenvalue weighted by Gasteiger charge is -2.03. The third kappa shape index (κ3) is 8.00. The van der Waals surface area contributed by atoms with Crippen LogP contribution in [0.25, 0.3) is 0 Å². The van der Waals surface area contributed by atoms with E-state index in [1.807, 2.05) is 12.1 Å². The second-order valence-corrected chi connectivity index (χ2v) is 5.67. The van der Waals surface area contributed by atoms with Crippen LogP contribution in [0.4, 0.5) is 0 Å². The molecule has 0 aliphatic carbocycles. The van der Waals surface area contributed by atoms with Crippen molar-refractivity contribution < 1.29 is 0 Å². The van der Waals surface area contributed by atoms with Gasteiger partial charge in [0.1, 0.15) is 0 Å². The first-order valence-corrected chi connectivity index (χ1v) is 8.27. The molecule has 0 N–H and O–H groups in total. The number of rotatable bonds is 11. The Morgan fingerprint density at radius 2 is 1.50 bits per heavy atom. The predicted octanol–water partition coefficient (Wildman–Crippen LogP) is 5.82. The summed E-state index contributed by atoms with van der Waals surface area (Å²) in [5.74, 6) is 0. The van der Waals surface area contributed by atoms with E-state index in [0.29, 0.717) is 0 Å². The molecule has 0 unspecified atom stereocenters. The minimum atomic E-state index is 0.731. The zero-order valence-corrected chi connectivity index (χ0v) is 13.0. The van der Waals surface area contributed by atoms with Crippen LogP contribution in [0.1, 0.15) is 82.3 Å². The summed E-state index contributed by atoms with van der Waals surface area (Å²) >= 11 is 0. The molecule has 0 aliphatic rings. The van der Waals surface area contributed by atoms with Crippen molar-refractivity contribution in [2.75, 3.05) is 0 Å². The van der Waals surface area contributed by atoms with Crippen LogP contribution in [0.15, 0.2) is 18.2 Å². The second kappa shape index (κ2) is 11.5. The summed E-state index contributed by atoms with van der Waals surface area (Å²) in [6, 6.07) is 11.0. The fraction of sp³-hybridized carbons (Fsp3) is 0.632. The Hall–Kier alpha value is -1.29. The number of hydrogen-bond donors (Lipinski definition) is 0. The molecule has 0 spiro atoms. The monoisotopic (exact) mass is 270 g/mol. The first kappa shape index (κ1) is 16.8. The highest BCUT2D eigenvalue weighted by Crippen LogP contribution is 2.13. The largest absolute Gasteiger partial charge is 0.192 e. The molecule has 0 atom stereocenters. The van der Waals surface area contributed by atoms with Crippen LogP contribution < -0.4 is 0 Å². The van der Waals surface area contributed by atoms with Crippen LogP contribution in [0.5, 0.6) is 0 Å². The number of nitriles is 1. The van der Waals surface area contributed by atoms with E-state index in [1.54, 1.807) is 6.07 Å². The molecular formula is C19H28N. The summed E-state index contributed by atoms with van der Waals surface area (Å²) in [6.07, 6.45) is 14.8. The highest BCUT2D eigenvalue weighted by Gasteiger charge is 1.97. The molecule has 20 heavy (non-hydrogen) atoms. The third-order valence-corrected chi connectivity index (χ3v) is 3.80. The minimum Gasteiger partial charge on any atom is -0.192 e. The van der Waals surface area contributed by atoms with Crippen LogP contribution in [0.2, 0.25) is 0 Å². The maximum atomic E-state index is 8.84. The molecule has 1 nitrogen and oxygen atoms in total. The van der Waals surface area contributed by atoms with E-state index in [-0.39, 0.29) is 0 Å². The maximum absolute atomic E-state index is 8.84. The van der Waals surface area contributed by atoms with Gasteiger partial charge in [0.05, 0.1) is 11.6 Å². The standard InChI is InChI=1S/C19H28N/c1-2-3-4-5-6-7-8-9-10-11-13-18-14-12-15-19(16-18)17-20/h14-16H,2-11,13H2,1H3. The van der Waals surface area contributed by atoms with Crippen LogP contribution in [-0.4, -0.2) is 0 Å². The zero-order valence-electron chi connectivity index (χ0n) is 13.0. The molecule has 1 aromatic rings. The lowest BCUT2D eigenvalue weighted by molar-refractivity contribution is 0.556. The predicted molar refractivity (Wildman–Crippen MR) is 85.5 cm³/mol. The van der Waals surface area contributed by atoms with Gasteiger partial charge in [-0.2, -0.15) is 5.26 Å². The average molecular weight is 270 g/mol. The van der Waals surface area contributed by atoms with Gasteiger partial charge in [0.25, 0.3) is 0 Å². The number of aryl methyl sites for hydroxylation is 1. The molecule has 1 rings (SSSR count). The Labute approximate surface area is 125 Å². The second-order valence-electron chi connectivity index (χ2n) is 5.67. The highest BCUT2D eigenvalue weighted by atomic mass is 14.2. The van der Waals surface area contributed by atoms with Gasteiger partial charge in [-0.15, -0.1) is 0 Å². The first-order chi connectivity index (χ1) is 9.86. The first-order valence-electron chi connectivity index (χ1n) is 8.27. The van der Waals surface area contributed by atoms with Crippen molar-refractivity contribution in [2.24, 2.45) is 0 Å². The van der Waals surface area contributed by atoms with E-state index in [0.717, 1.165) is 12.0 Å². The van der Waals surface area contributed by atoms with Crippen LogP contribution in [0.3, 0.4) is 0 Å². The van der Waals surface area contributed by atoms with Gasteiger partial charge in [-0.3, -0.25) is 0 Å². The van der Waals surface area contributed by atoms with Crippen molar-refractivity contribution in [3.05, 3.63) is 35.4 Å². The zero-order chi connectivity index (χ0) is 14.5. The van der Waals surface area contributed by atoms with Gasteiger partial charge in [0.15, 0.2) is 0 Å². The Morgan fingerprint density at radius 1 is 0.900 bits per heavy atom. The fourth-order valence-corrected chi connectivity index (χ4v) is 2.55. The van der Waals surface area contributed by atoms with Crippen molar-refractivity contribution in [1.82, 2.24) is 0 Å². The summed E-state index contributed by atoms with van der Waals surface area (Å²) in [5.41, 5.74) is 1.98. The molecule has 0 bridgehead atoms. The van der Waals surface area contributed by atoms with Gasteiger partial charge in [-0.25, -0.2) is 0 Å². The summed E-state index contributed by atoms with van der Waals surface area (Å²) < 4.78 is 0. The summed E-state index contributed by atoms with van der Waals surface area (Å²) in [4.78, 5) is 0. The van der Waals surface area contributed by atoms with E-state index in [1.165, 1.54) is 69.8 Å². The SMILES string of the molecule is CCCCCCCCCCCCc1c[c]cc(C#N)c1. The van der Waals surface area contributed by atoms with E-state index < -0.39 is 0 Å². The number of hydrogen-bond acceptors (Lipinski definition) is 1. The molecule has 0 heterocycles. The van der Waals surface area contributed by atoms with E-state index in [4.69, 9.17) is 5.26 Å². The van der Waals surface area contributed by atoms with Crippen molar-refractivity contribution in [2.45, 2.75) is 77.6 Å². The molecule has 0 saturated heterocycles. The van der Waals surface area contributed by atoms with Crippen molar-refractivity contribution in [3.8, 4) is 6.07 Å². The molecule has 0 saturated carbocycles. The van der Waals surface area contributed by atoms with Crippen molar-refractivity contribution in [3.63, 3.8) is 0 Å². The van der Waals surface area contributed by atoms with E-state index >= 15 is 0 Å². The highest BCUT2D eigenvalue weighted by molar-refractivity contribution is 5.32. The average Bonchev–Trinajstić information content (AvgIpc) is 2.49. The number of benzene rings is 1. The third-order valence-electron chi connectivity index (χ3n) is 3.80. The lowest BCUT2D eigenvalue weighted by Crippen LogP contribution is -1.88. The topological polar surface area (TPSA) is 23.8 Å². The minimum absolute atomic E-state index is 0.731. The summed E-state index contributed by atoms with van der Waals surface area (Å²) in [6.45, 7) is 2.27. The quantitative estimate of drug-likeness (QED) is 0.465. The van der Waals surface area contributed by atoms with Crippen LogP contribution in [0, 0.1) is 17.4 Å². The van der Waals surface area contributed by atoms with Gasteiger partial charge in [0, 0.05) is 0 Å². The Morgan fingerprint density at radius 3 is 2.10 bits per heavy atom. The van der Waals surface area contributed by atoms with Crippen molar-refractivity contribution in [1.29, 1.82) is 5.26 Å². The van der Waals surface area contributed by atoms with Gasteiger partial charge >= 0.3 is 0 Å². The fourth-order valence-electron chi connectivity index (χ4n) is 2.55. The summed E-state index contributed by atoms with van der Waals surface area (Å²) in [7, 11) is 0. The molecule has 1 heteroatoms. The van der Waals surface area contributed by atoms with Crippen LogP contribution in [-0.2, 0) is 6.42 Å². The summed E-state index contributed by atoms with van der Waals surface area (Å²) in [5, 5.41) is 8.84. The molecule has 1 aromatic carbocycles. The number of nitrogens with zero attached hydrogens (tertiary/aromatic N) is 1. The molecular weight excluding hydrogens is 242 g/mol. The molecule has 109 valence electrons. The lowest BCUT2D eigenvalue weighted by atomic mass is 10.0. The molecule has 0 aromatic heterocycles. The molecule has 1 radical (unpaired) electrons. The van der Waals surface area contributed by atoms with E-state index in [2.05, 4.69) is 19.1 Å². The van der Waals surface area contributed by atoms with Gasteiger partial charge in [-0.1, -0.05) is 70.8 Å². The number of unbranched alkanes of at least 4 members (excludes halogenated alkanes) is 9. The van der Waals surface area contributed by atoms with Gasteiger partial charge < -0.3 is 0 Å². The van der Waals surface area contributed by atoms with Crippen molar-refractivity contribution >= 4 is 0 Å². The Balaban J connectivity index is 1.95. The van der Waals surface area contributed by atoms with Gasteiger partial charge in [0.2, 0.25) is 0 Å². The normalized spacial score (nSPS) is 10.4. The molecule has 0 aliphatic heterocycles. The van der Waals surface area contributed by atoms with Gasteiger partial charge in [-0.05, 0) is 36.6 Å². The smallest absolute Gasteiger partial charge is 0.0991 e. The van der Waals surface area contributed by atoms with Crippen LogP contribution >= 0.6 is 0 Å². The maximum Gasteiger partial charge on any atom is 0.0991 e. The molecule has 0 fully saturated rings. The molecule has 0 amide bonds.